The van der Waals surface area contributed by atoms with Gasteiger partial charge in [-0.15, -0.1) is 0 Å². The van der Waals surface area contributed by atoms with Crippen molar-refractivity contribution in [1.29, 1.82) is 0 Å². The summed E-state index contributed by atoms with van der Waals surface area (Å²) in [6.07, 6.45) is 1.76. The molecule has 0 spiro atoms. The van der Waals surface area contributed by atoms with E-state index in [1.165, 1.54) is 5.69 Å². The molecule has 178 valence electrons. The minimum Gasteiger partial charge on any atom is -0.497 e. The van der Waals surface area contributed by atoms with Crippen LogP contribution in [0.3, 0.4) is 0 Å². The summed E-state index contributed by atoms with van der Waals surface area (Å²) < 4.78 is 10.8. The third-order valence-electron chi connectivity index (χ3n) is 6.04. The highest BCUT2D eigenvalue weighted by atomic mass is 16.6. The zero-order chi connectivity index (χ0) is 23.1. The summed E-state index contributed by atoms with van der Waals surface area (Å²) in [5.74, 6) is 2.38. The second-order valence-corrected chi connectivity index (χ2v) is 9.51. The molecule has 3 rings (SSSR count). The Morgan fingerprint density at radius 3 is 2.19 bits per heavy atom. The lowest BCUT2D eigenvalue weighted by Gasteiger charge is -2.38. The molecule has 0 saturated carbocycles. The molecular weight excluding hydrogens is 406 g/mol. The number of carbonyl (C=O) groups is 1. The third kappa shape index (κ3) is 6.68. The highest BCUT2D eigenvalue weighted by Gasteiger charge is 2.27. The van der Waals surface area contributed by atoms with Gasteiger partial charge in [-0.1, -0.05) is 0 Å². The van der Waals surface area contributed by atoms with Crippen molar-refractivity contribution in [1.82, 2.24) is 15.1 Å². The summed E-state index contributed by atoms with van der Waals surface area (Å²) in [6, 6.07) is 8.25. The lowest BCUT2D eigenvalue weighted by Crippen LogP contribution is -2.53. The van der Waals surface area contributed by atoms with Crippen LogP contribution in [-0.2, 0) is 4.74 Å². The van der Waals surface area contributed by atoms with E-state index in [4.69, 9.17) is 9.47 Å². The number of benzene rings is 1. The lowest BCUT2D eigenvalue weighted by atomic mass is 9.97. The third-order valence-corrected chi connectivity index (χ3v) is 6.04. The molecule has 1 aromatic rings. The number of carbonyl (C=O) groups excluding carboxylic acids is 1. The van der Waals surface area contributed by atoms with Crippen LogP contribution in [0.2, 0.25) is 0 Å². The van der Waals surface area contributed by atoms with E-state index >= 15 is 0 Å². The smallest absolute Gasteiger partial charge is 0.410 e. The average molecular weight is 446 g/mol. The molecule has 32 heavy (non-hydrogen) atoms. The van der Waals surface area contributed by atoms with Crippen molar-refractivity contribution in [2.24, 2.45) is 10.9 Å². The Bertz CT molecular complexity index is 759. The van der Waals surface area contributed by atoms with Gasteiger partial charge in [0.15, 0.2) is 5.96 Å². The van der Waals surface area contributed by atoms with Gasteiger partial charge in [-0.2, -0.15) is 0 Å². The molecule has 0 atom stereocenters. The first-order valence-electron chi connectivity index (χ1n) is 11.6. The van der Waals surface area contributed by atoms with Gasteiger partial charge in [0.1, 0.15) is 11.4 Å². The van der Waals surface area contributed by atoms with Crippen LogP contribution in [0.15, 0.2) is 29.3 Å². The van der Waals surface area contributed by atoms with Crippen molar-refractivity contribution in [2.75, 3.05) is 64.9 Å². The number of nitrogens with zero attached hydrogens (tertiary/aromatic N) is 4. The van der Waals surface area contributed by atoms with Crippen LogP contribution in [0.4, 0.5) is 10.5 Å². The SMILES string of the molecule is CN=C(NCC1CCN(C(=O)OC(C)(C)C)CC1)N1CCN(c2ccc(OC)cc2)CC1. The van der Waals surface area contributed by atoms with Gasteiger partial charge in [-0.3, -0.25) is 4.99 Å². The summed E-state index contributed by atoms with van der Waals surface area (Å²) >= 11 is 0. The molecule has 0 radical (unpaired) electrons. The molecule has 1 amide bonds. The maximum atomic E-state index is 12.3. The van der Waals surface area contributed by atoms with E-state index in [0.29, 0.717) is 5.92 Å². The van der Waals surface area contributed by atoms with Crippen molar-refractivity contribution in [3.63, 3.8) is 0 Å². The second kappa shape index (κ2) is 10.8. The van der Waals surface area contributed by atoms with Crippen LogP contribution in [-0.4, -0.2) is 87.4 Å². The van der Waals surface area contributed by atoms with Crippen LogP contribution in [0.25, 0.3) is 0 Å². The quantitative estimate of drug-likeness (QED) is 0.568. The summed E-state index contributed by atoms with van der Waals surface area (Å²) in [6.45, 7) is 11.9. The number of methoxy groups -OCH3 is 1. The van der Waals surface area contributed by atoms with Gasteiger partial charge in [0.25, 0.3) is 0 Å². The Kier molecular flexibility index (Phi) is 8.10. The zero-order valence-corrected chi connectivity index (χ0v) is 20.3. The van der Waals surface area contributed by atoms with E-state index in [-0.39, 0.29) is 6.09 Å². The Labute approximate surface area is 192 Å². The largest absolute Gasteiger partial charge is 0.497 e. The van der Waals surface area contributed by atoms with E-state index in [0.717, 1.165) is 70.4 Å². The van der Waals surface area contributed by atoms with Crippen LogP contribution < -0.4 is 15.0 Å². The summed E-state index contributed by atoms with van der Waals surface area (Å²) in [5.41, 5.74) is 0.782. The van der Waals surface area contributed by atoms with E-state index in [9.17, 15) is 4.79 Å². The molecule has 2 aliphatic heterocycles. The van der Waals surface area contributed by atoms with Crippen LogP contribution >= 0.6 is 0 Å². The number of aliphatic imine (C=N–C) groups is 1. The standard InChI is InChI=1S/C24H39N5O3/c1-24(2,3)32-23(30)29-12-10-19(11-13-29)18-26-22(25-4)28-16-14-27(15-17-28)20-6-8-21(31-5)9-7-20/h6-9,19H,10-18H2,1-5H3,(H,25,26). The summed E-state index contributed by atoms with van der Waals surface area (Å²) in [7, 11) is 3.54. The molecule has 1 aromatic carbocycles. The molecule has 0 aromatic heterocycles. The van der Waals surface area contributed by atoms with Gasteiger partial charge < -0.3 is 29.5 Å². The fourth-order valence-corrected chi connectivity index (χ4v) is 4.18. The fraction of sp³-hybridized carbons (Fsp3) is 0.667. The van der Waals surface area contributed by atoms with Crippen molar-refractivity contribution >= 4 is 17.7 Å². The van der Waals surface area contributed by atoms with Gasteiger partial charge in [-0.25, -0.2) is 4.79 Å². The van der Waals surface area contributed by atoms with Crippen molar-refractivity contribution in [3.8, 4) is 5.75 Å². The topological polar surface area (TPSA) is 69.6 Å². The predicted molar refractivity (Wildman–Crippen MR) is 129 cm³/mol. The molecule has 2 saturated heterocycles. The first kappa shape index (κ1) is 24.0. The van der Waals surface area contributed by atoms with Crippen molar-refractivity contribution in [2.45, 2.75) is 39.2 Å². The minimum absolute atomic E-state index is 0.200. The molecule has 0 aliphatic carbocycles. The first-order chi connectivity index (χ1) is 15.3. The molecule has 2 fully saturated rings. The van der Waals surface area contributed by atoms with Gasteiger partial charge in [0, 0.05) is 58.5 Å². The number of likely N-dealkylation sites (tertiary alicyclic amines) is 1. The Morgan fingerprint density at radius 1 is 1.03 bits per heavy atom. The van der Waals surface area contributed by atoms with Gasteiger partial charge >= 0.3 is 6.09 Å². The molecule has 0 unspecified atom stereocenters. The number of guanidine groups is 1. The van der Waals surface area contributed by atoms with Crippen LogP contribution in [0, 0.1) is 5.92 Å². The number of piperazine rings is 1. The molecule has 8 heteroatoms. The first-order valence-corrected chi connectivity index (χ1v) is 11.6. The number of nitrogens with one attached hydrogen (secondary N) is 1. The Morgan fingerprint density at radius 2 is 1.66 bits per heavy atom. The minimum atomic E-state index is -0.445. The maximum Gasteiger partial charge on any atom is 0.410 e. The number of ether oxygens (including phenoxy) is 2. The second-order valence-electron chi connectivity index (χ2n) is 9.51. The summed E-state index contributed by atoms with van der Waals surface area (Å²) in [4.78, 5) is 23.3. The number of anilines is 1. The van der Waals surface area contributed by atoms with E-state index in [1.54, 1.807) is 7.11 Å². The molecule has 0 bridgehead atoms. The zero-order valence-electron chi connectivity index (χ0n) is 20.3. The maximum absolute atomic E-state index is 12.3. The number of hydrogen-bond acceptors (Lipinski definition) is 5. The fourth-order valence-electron chi connectivity index (χ4n) is 4.18. The monoisotopic (exact) mass is 445 g/mol. The molecule has 2 heterocycles. The van der Waals surface area contributed by atoms with Crippen LogP contribution in [0.1, 0.15) is 33.6 Å². The Balaban J connectivity index is 1.40. The Hall–Kier alpha value is -2.64. The highest BCUT2D eigenvalue weighted by molar-refractivity contribution is 5.80. The normalized spacial score (nSPS) is 18.5. The number of piperidine rings is 1. The number of hydrogen-bond donors (Lipinski definition) is 1. The lowest BCUT2D eigenvalue weighted by molar-refractivity contribution is 0.0185. The summed E-state index contributed by atoms with van der Waals surface area (Å²) in [5, 5.41) is 3.57. The van der Waals surface area contributed by atoms with Gasteiger partial charge in [-0.05, 0) is 63.8 Å². The van der Waals surface area contributed by atoms with E-state index < -0.39 is 5.60 Å². The number of rotatable bonds is 4. The number of amides is 1. The molecule has 8 nitrogen and oxygen atoms in total. The molecular formula is C24H39N5O3. The highest BCUT2D eigenvalue weighted by Crippen LogP contribution is 2.21. The van der Waals surface area contributed by atoms with Gasteiger partial charge in [0.05, 0.1) is 7.11 Å². The van der Waals surface area contributed by atoms with Crippen LogP contribution in [0.5, 0.6) is 5.75 Å². The van der Waals surface area contributed by atoms with Gasteiger partial charge in [0.2, 0.25) is 0 Å². The van der Waals surface area contributed by atoms with E-state index in [2.05, 4.69) is 32.2 Å². The van der Waals surface area contributed by atoms with Crippen molar-refractivity contribution < 1.29 is 14.3 Å². The molecule has 2 aliphatic rings. The predicted octanol–water partition coefficient (Wildman–Crippen LogP) is 3.04. The molecule has 1 N–H and O–H groups in total. The van der Waals surface area contributed by atoms with E-state index in [1.807, 2.05) is 44.9 Å². The average Bonchev–Trinajstić information content (AvgIpc) is 2.79. The van der Waals surface area contributed by atoms with Crippen molar-refractivity contribution in [3.05, 3.63) is 24.3 Å².